The molecule has 0 spiro atoms. The summed E-state index contributed by atoms with van der Waals surface area (Å²) < 4.78 is 33.5. The normalized spacial score (nSPS) is 10.6. The first-order valence-electron chi connectivity index (χ1n) is 7.72. The molecule has 3 aromatic carbocycles. The Morgan fingerprint density at radius 2 is 1.76 bits per heavy atom. The van der Waals surface area contributed by atoms with E-state index in [1.54, 1.807) is 48.5 Å². The Hall–Kier alpha value is -2.92. The molecule has 0 unspecified atom stereocenters. The number of methoxy groups -OCH3 is 1. The second-order valence-corrected chi connectivity index (χ2v) is 5.61. The number of hydrogen-bond acceptors (Lipinski definition) is 3. The van der Waals surface area contributed by atoms with Crippen LogP contribution in [0.1, 0.15) is 11.1 Å². The van der Waals surface area contributed by atoms with E-state index in [4.69, 9.17) is 9.94 Å². The van der Waals surface area contributed by atoms with Gasteiger partial charge in [-0.3, -0.25) is 10.7 Å². The second-order valence-electron chi connectivity index (χ2n) is 5.61. The highest BCUT2D eigenvalue weighted by Crippen LogP contribution is 2.36. The molecule has 0 aliphatic heterocycles. The van der Waals surface area contributed by atoms with Gasteiger partial charge in [0.2, 0.25) is 0 Å². The van der Waals surface area contributed by atoms with Crippen molar-refractivity contribution in [1.29, 1.82) is 0 Å². The smallest absolute Gasteiger partial charge is 0.138 e. The van der Waals surface area contributed by atoms with Gasteiger partial charge in [0, 0.05) is 6.42 Å². The molecule has 0 fully saturated rings. The van der Waals surface area contributed by atoms with Gasteiger partial charge in [0.15, 0.2) is 0 Å². The average molecular weight is 341 g/mol. The third-order valence-corrected chi connectivity index (χ3v) is 3.99. The van der Waals surface area contributed by atoms with Gasteiger partial charge in [-0.15, -0.1) is 0 Å². The van der Waals surface area contributed by atoms with Crippen molar-refractivity contribution in [2.45, 2.75) is 6.42 Å². The van der Waals surface area contributed by atoms with Gasteiger partial charge in [0.05, 0.1) is 18.4 Å². The van der Waals surface area contributed by atoms with E-state index in [9.17, 15) is 4.39 Å². The maximum atomic E-state index is 15.2. The van der Waals surface area contributed by atoms with E-state index in [1.165, 1.54) is 19.2 Å². The van der Waals surface area contributed by atoms with Gasteiger partial charge in [0.1, 0.15) is 17.4 Å². The Morgan fingerprint density at radius 3 is 2.44 bits per heavy atom. The molecule has 0 amide bonds. The summed E-state index contributed by atoms with van der Waals surface area (Å²) in [7, 11) is 1.48. The van der Waals surface area contributed by atoms with Gasteiger partial charge in [-0.05, 0) is 47.0 Å². The fourth-order valence-corrected chi connectivity index (χ4v) is 2.74. The van der Waals surface area contributed by atoms with Gasteiger partial charge >= 0.3 is 0 Å². The second kappa shape index (κ2) is 7.32. The largest absolute Gasteiger partial charge is 0.496 e. The van der Waals surface area contributed by atoms with E-state index in [2.05, 4.69) is 5.48 Å². The Balaban J connectivity index is 2.06. The molecule has 3 nitrogen and oxygen atoms in total. The Morgan fingerprint density at radius 1 is 1.00 bits per heavy atom. The van der Waals surface area contributed by atoms with Crippen LogP contribution in [0.25, 0.3) is 11.1 Å². The van der Waals surface area contributed by atoms with Crippen LogP contribution in [-0.4, -0.2) is 12.3 Å². The van der Waals surface area contributed by atoms with E-state index in [1.807, 2.05) is 0 Å². The van der Waals surface area contributed by atoms with E-state index >= 15 is 4.39 Å². The zero-order chi connectivity index (χ0) is 17.8. The van der Waals surface area contributed by atoms with Crippen LogP contribution in [0.2, 0.25) is 0 Å². The van der Waals surface area contributed by atoms with Crippen LogP contribution < -0.4 is 10.2 Å². The van der Waals surface area contributed by atoms with Crippen molar-refractivity contribution in [1.82, 2.24) is 0 Å². The van der Waals surface area contributed by atoms with Crippen molar-refractivity contribution in [3.8, 4) is 16.9 Å². The summed E-state index contributed by atoms with van der Waals surface area (Å²) in [6.07, 6.45) is 0.334. The molecular weight excluding hydrogens is 324 g/mol. The number of ether oxygens (including phenoxy) is 1. The van der Waals surface area contributed by atoms with Crippen molar-refractivity contribution in [2.24, 2.45) is 0 Å². The van der Waals surface area contributed by atoms with E-state index in [0.717, 1.165) is 5.56 Å². The molecule has 0 aromatic heterocycles. The summed E-state index contributed by atoms with van der Waals surface area (Å²) in [6, 6.07) is 16.1. The summed E-state index contributed by atoms with van der Waals surface area (Å²) in [4.78, 5) is 0. The molecule has 0 aliphatic rings. The highest BCUT2D eigenvalue weighted by atomic mass is 19.1. The van der Waals surface area contributed by atoms with Gasteiger partial charge < -0.3 is 4.74 Å². The average Bonchev–Trinajstić information content (AvgIpc) is 2.65. The van der Waals surface area contributed by atoms with E-state index < -0.39 is 5.82 Å². The zero-order valence-electron chi connectivity index (χ0n) is 13.6. The number of anilines is 1. The lowest BCUT2D eigenvalue weighted by Gasteiger charge is -2.14. The molecule has 0 atom stereocenters. The molecule has 25 heavy (non-hydrogen) atoms. The van der Waals surface area contributed by atoms with Gasteiger partial charge in [-0.25, -0.2) is 8.78 Å². The van der Waals surface area contributed by atoms with Crippen LogP contribution in [0.15, 0.2) is 60.7 Å². The number of halogens is 2. The molecule has 0 saturated carbocycles. The SMILES string of the molecule is COc1ccc(Cc2ccc(F)cc2)c(F)c1-c1cccc(NO)c1. The number of rotatable bonds is 5. The third-order valence-electron chi connectivity index (χ3n) is 3.99. The molecule has 0 heterocycles. The molecule has 128 valence electrons. The third kappa shape index (κ3) is 3.61. The molecule has 3 rings (SSSR count). The van der Waals surface area contributed by atoms with Gasteiger partial charge in [-0.2, -0.15) is 0 Å². The topological polar surface area (TPSA) is 41.5 Å². The quantitative estimate of drug-likeness (QED) is 0.639. The van der Waals surface area contributed by atoms with Gasteiger partial charge in [-0.1, -0.05) is 30.3 Å². The first kappa shape index (κ1) is 16.9. The van der Waals surface area contributed by atoms with Crippen LogP contribution >= 0.6 is 0 Å². The number of hydrogen-bond donors (Lipinski definition) is 2. The fourth-order valence-electron chi connectivity index (χ4n) is 2.74. The Kier molecular flexibility index (Phi) is 4.95. The van der Waals surface area contributed by atoms with Crippen molar-refractivity contribution < 1.29 is 18.7 Å². The molecule has 2 N–H and O–H groups in total. The maximum absolute atomic E-state index is 15.2. The predicted octanol–water partition coefficient (Wildman–Crippen LogP) is 5.03. The number of nitrogens with one attached hydrogen (secondary N) is 1. The van der Waals surface area contributed by atoms with Crippen molar-refractivity contribution in [3.05, 3.63) is 83.4 Å². The molecule has 3 aromatic rings. The summed E-state index contributed by atoms with van der Waals surface area (Å²) in [5.74, 6) is -0.331. The minimum absolute atomic E-state index is 0.319. The minimum atomic E-state index is -0.404. The molecule has 0 bridgehead atoms. The maximum Gasteiger partial charge on any atom is 0.138 e. The minimum Gasteiger partial charge on any atom is -0.496 e. The van der Waals surface area contributed by atoms with Crippen LogP contribution in [0, 0.1) is 11.6 Å². The fraction of sp³-hybridized carbons (Fsp3) is 0.100. The predicted molar refractivity (Wildman–Crippen MR) is 93.0 cm³/mol. The van der Waals surface area contributed by atoms with Crippen molar-refractivity contribution in [2.75, 3.05) is 12.6 Å². The number of benzene rings is 3. The van der Waals surface area contributed by atoms with Crippen LogP contribution in [0.5, 0.6) is 5.75 Å². The van der Waals surface area contributed by atoms with E-state index in [-0.39, 0.29) is 5.82 Å². The highest BCUT2D eigenvalue weighted by Gasteiger charge is 2.16. The monoisotopic (exact) mass is 341 g/mol. The molecular formula is C20H17F2NO2. The standard InChI is InChI=1S/C20H17F2NO2/c1-25-18-10-7-15(11-13-5-8-16(21)9-6-13)20(22)19(18)14-3-2-4-17(12-14)23-24/h2-10,12,23-24H,11H2,1H3. The molecule has 0 aliphatic carbocycles. The van der Waals surface area contributed by atoms with Crippen molar-refractivity contribution in [3.63, 3.8) is 0 Å². The van der Waals surface area contributed by atoms with E-state index in [0.29, 0.717) is 34.5 Å². The van der Waals surface area contributed by atoms with Crippen LogP contribution in [-0.2, 0) is 6.42 Å². The lowest BCUT2D eigenvalue weighted by molar-refractivity contribution is 0.389. The summed E-state index contributed by atoms with van der Waals surface area (Å²) in [5.41, 5.74) is 4.68. The summed E-state index contributed by atoms with van der Waals surface area (Å²) in [5, 5.41) is 9.07. The molecule has 0 saturated heterocycles. The zero-order valence-corrected chi connectivity index (χ0v) is 13.6. The Bertz CT molecular complexity index is 879. The Labute approximate surface area is 144 Å². The highest BCUT2D eigenvalue weighted by molar-refractivity contribution is 5.74. The molecule has 0 radical (unpaired) electrons. The van der Waals surface area contributed by atoms with Crippen LogP contribution in [0.3, 0.4) is 0 Å². The lowest BCUT2D eigenvalue weighted by atomic mass is 9.97. The first-order valence-corrected chi connectivity index (χ1v) is 7.72. The van der Waals surface area contributed by atoms with Crippen LogP contribution in [0.4, 0.5) is 14.5 Å². The molecule has 5 heteroatoms. The van der Waals surface area contributed by atoms with Crippen molar-refractivity contribution >= 4 is 5.69 Å². The lowest BCUT2D eigenvalue weighted by Crippen LogP contribution is -1.99. The summed E-state index contributed by atoms with van der Waals surface area (Å²) in [6.45, 7) is 0. The first-order chi connectivity index (χ1) is 12.1. The summed E-state index contributed by atoms with van der Waals surface area (Å²) >= 11 is 0. The van der Waals surface area contributed by atoms with Gasteiger partial charge in [0.25, 0.3) is 0 Å².